The first-order valence-electron chi connectivity index (χ1n) is 16.0. The average molecular weight is 629 g/mol. The van der Waals surface area contributed by atoms with Crippen molar-refractivity contribution in [3.05, 3.63) is 83.9 Å². The summed E-state index contributed by atoms with van der Waals surface area (Å²) in [6, 6.07) is 20.5. The van der Waals surface area contributed by atoms with Crippen LogP contribution in [-0.2, 0) is 36.9 Å². The van der Waals surface area contributed by atoms with Gasteiger partial charge in [0.15, 0.2) is 0 Å². The smallest absolute Gasteiger partial charge is 0.408 e. The third kappa shape index (κ3) is 10.2. The fourth-order valence-electron chi connectivity index (χ4n) is 5.82. The Bertz CT molecular complexity index is 1490. The Balaban J connectivity index is 1.51. The summed E-state index contributed by atoms with van der Waals surface area (Å²) >= 11 is 0. The molecule has 0 unspecified atom stereocenters. The maximum atomic E-state index is 13.9. The molecule has 1 heterocycles. The number of benzene rings is 3. The lowest BCUT2D eigenvalue weighted by Gasteiger charge is -2.27. The molecule has 0 spiro atoms. The average Bonchev–Trinajstić information content (AvgIpc) is 3.45. The second-order valence-corrected chi connectivity index (χ2v) is 12.3. The van der Waals surface area contributed by atoms with E-state index in [1.54, 1.807) is 0 Å². The number of hydrogen-bond acceptors (Lipinski definition) is 6. The van der Waals surface area contributed by atoms with Gasteiger partial charge in [0, 0.05) is 31.3 Å². The van der Waals surface area contributed by atoms with E-state index in [9.17, 15) is 24.0 Å². The Hall–Kier alpha value is -4.73. The Labute approximate surface area is 270 Å². The lowest BCUT2D eigenvalue weighted by molar-refractivity contribution is -0.131. The van der Waals surface area contributed by atoms with Crippen LogP contribution in [-0.4, -0.2) is 54.8 Å². The van der Waals surface area contributed by atoms with Crippen molar-refractivity contribution in [3.8, 4) is 0 Å². The second-order valence-electron chi connectivity index (χ2n) is 12.3. The third-order valence-corrected chi connectivity index (χ3v) is 8.18. The third-order valence-electron chi connectivity index (χ3n) is 8.18. The number of ether oxygens (including phenoxy) is 1. The van der Waals surface area contributed by atoms with Crippen LogP contribution in [0.5, 0.6) is 0 Å². The number of nitrogens with one attached hydrogen (secondary N) is 4. The summed E-state index contributed by atoms with van der Waals surface area (Å²) in [6.45, 7) is 4.52. The maximum absolute atomic E-state index is 13.9. The molecule has 0 saturated carbocycles. The molecule has 4 amide bonds. The molecule has 244 valence electrons. The van der Waals surface area contributed by atoms with Crippen molar-refractivity contribution in [3.63, 3.8) is 0 Å². The highest BCUT2D eigenvalue weighted by Crippen LogP contribution is 2.21. The van der Waals surface area contributed by atoms with Crippen molar-refractivity contribution in [2.24, 2.45) is 11.8 Å². The first-order valence-corrected chi connectivity index (χ1v) is 16.0. The van der Waals surface area contributed by atoms with Gasteiger partial charge in [-0.15, -0.1) is 0 Å². The summed E-state index contributed by atoms with van der Waals surface area (Å²) in [6.07, 6.45) is 2.26. The van der Waals surface area contributed by atoms with Crippen LogP contribution >= 0.6 is 0 Å². The van der Waals surface area contributed by atoms with E-state index >= 15 is 0 Å². The molecule has 4 N–H and O–H groups in total. The van der Waals surface area contributed by atoms with Crippen molar-refractivity contribution in [1.82, 2.24) is 21.3 Å². The van der Waals surface area contributed by atoms with Crippen LogP contribution in [0.25, 0.3) is 10.8 Å². The fourth-order valence-corrected chi connectivity index (χ4v) is 5.82. The molecular weight excluding hydrogens is 584 g/mol. The number of carbonyl (C=O) groups is 5. The van der Waals surface area contributed by atoms with Crippen LogP contribution in [0.2, 0.25) is 0 Å². The number of hydrogen-bond donors (Lipinski definition) is 4. The summed E-state index contributed by atoms with van der Waals surface area (Å²) in [4.78, 5) is 63.9. The molecule has 1 aliphatic heterocycles. The van der Waals surface area contributed by atoms with E-state index in [1.807, 2.05) is 86.6 Å². The minimum Gasteiger partial charge on any atom is -0.445 e. The van der Waals surface area contributed by atoms with Gasteiger partial charge >= 0.3 is 6.09 Å². The molecule has 4 atom stereocenters. The predicted molar refractivity (Wildman–Crippen MR) is 176 cm³/mol. The molecule has 1 saturated heterocycles. The summed E-state index contributed by atoms with van der Waals surface area (Å²) in [5.41, 5.74) is 1.66. The standard InChI is InChI=1S/C36H44N4O6/c1-24(2)20-31(34(43)38-29(15-9-19-41)21-28-17-18-37-33(28)42)39-35(44)32(40-36(45)46-23-25-10-4-3-5-11-25)22-27-14-8-13-26-12-6-7-16-30(26)27/h3-8,10-14,16,19,24,28-29,31-32H,9,15,17-18,20-23H2,1-2H3,(H,37,42)(H,38,43)(H,39,44)(H,40,45)/t28-,29+,31-,32-/m0/s1. The lowest BCUT2D eigenvalue weighted by Crippen LogP contribution is -2.56. The largest absolute Gasteiger partial charge is 0.445 e. The maximum Gasteiger partial charge on any atom is 0.408 e. The summed E-state index contributed by atoms with van der Waals surface area (Å²) in [5, 5.41) is 13.4. The Morgan fingerprint density at radius 2 is 1.63 bits per heavy atom. The molecule has 0 aliphatic carbocycles. The molecule has 0 bridgehead atoms. The number of fused-ring (bicyclic) bond motifs is 1. The van der Waals surface area contributed by atoms with E-state index in [0.717, 1.165) is 28.2 Å². The number of aldehydes is 1. The van der Waals surface area contributed by atoms with Gasteiger partial charge in [-0.1, -0.05) is 86.6 Å². The normalized spacial score (nSPS) is 16.2. The summed E-state index contributed by atoms with van der Waals surface area (Å²) < 4.78 is 5.44. The van der Waals surface area contributed by atoms with Gasteiger partial charge in [0.2, 0.25) is 17.7 Å². The Kier molecular flexibility index (Phi) is 12.7. The predicted octanol–water partition coefficient (Wildman–Crippen LogP) is 4.20. The van der Waals surface area contributed by atoms with E-state index in [0.29, 0.717) is 32.2 Å². The molecule has 3 aromatic carbocycles. The van der Waals surface area contributed by atoms with Crippen LogP contribution in [0.1, 0.15) is 57.1 Å². The molecule has 46 heavy (non-hydrogen) atoms. The van der Waals surface area contributed by atoms with Gasteiger partial charge in [-0.05, 0) is 53.5 Å². The van der Waals surface area contributed by atoms with Crippen LogP contribution in [0.15, 0.2) is 72.8 Å². The van der Waals surface area contributed by atoms with E-state index in [4.69, 9.17) is 4.74 Å². The van der Waals surface area contributed by atoms with Gasteiger partial charge in [-0.25, -0.2) is 4.79 Å². The van der Waals surface area contributed by atoms with Crippen LogP contribution in [0.4, 0.5) is 4.79 Å². The summed E-state index contributed by atoms with van der Waals surface area (Å²) in [7, 11) is 0. The monoisotopic (exact) mass is 628 g/mol. The van der Waals surface area contributed by atoms with Crippen LogP contribution < -0.4 is 21.3 Å². The second kappa shape index (κ2) is 17.1. The van der Waals surface area contributed by atoms with Gasteiger partial charge in [0.1, 0.15) is 25.0 Å². The van der Waals surface area contributed by atoms with Crippen LogP contribution in [0, 0.1) is 11.8 Å². The van der Waals surface area contributed by atoms with Gasteiger partial charge in [-0.3, -0.25) is 14.4 Å². The van der Waals surface area contributed by atoms with Gasteiger partial charge in [0.25, 0.3) is 0 Å². The molecule has 1 fully saturated rings. The van der Waals surface area contributed by atoms with E-state index in [2.05, 4.69) is 21.3 Å². The quantitative estimate of drug-likeness (QED) is 0.175. The zero-order valence-corrected chi connectivity index (χ0v) is 26.5. The highest BCUT2D eigenvalue weighted by atomic mass is 16.5. The molecule has 1 aliphatic rings. The first kappa shape index (κ1) is 34.1. The van der Waals surface area contributed by atoms with Gasteiger partial charge < -0.3 is 30.8 Å². The van der Waals surface area contributed by atoms with Crippen molar-refractivity contribution in [2.45, 2.75) is 77.1 Å². The zero-order chi connectivity index (χ0) is 32.9. The van der Waals surface area contributed by atoms with Crippen molar-refractivity contribution in [1.29, 1.82) is 0 Å². The van der Waals surface area contributed by atoms with E-state index in [-0.39, 0.29) is 37.2 Å². The van der Waals surface area contributed by atoms with Gasteiger partial charge in [-0.2, -0.15) is 0 Å². The highest BCUT2D eigenvalue weighted by Gasteiger charge is 2.32. The number of alkyl carbamates (subject to hydrolysis) is 1. The Morgan fingerprint density at radius 3 is 2.35 bits per heavy atom. The van der Waals surface area contributed by atoms with Crippen LogP contribution in [0.3, 0.4) is 0 Å². The first-order chi connectivity index (χ1) is 22.2. The van der Waals surface area contributed by atoms with E-state index < -0.39 is 36.0 Å². The van der Waals surface area contributed by atoms with Gasteiger partial charge in [0.05, 0.1) is 0 Å². The minimum absolute atomic E-state index is 0.0366. The van der Waals surface area contributed by atoms with Crippen molar-refractivity contribution in [2.75, 3.05) is 6.54 Å². The molecular formula is C36H44N4O6. The Morgan fingerprint density at radius 1 is 0.913 bits per heavy atom. The molecule has 3 aromatic rings. The molecule has 0 aromatic heterocycles. The number of carbonyl (C=O) groups excluding carboxylic acids is 5. The lowest BCUT2D eigenvalue weighted by atomic mass is 9.94. The summed E-state index contributed by atoms with van der Waals surface area (Å²) in [5.74, 6) is -1.16. The number of rotatable bonds is 16. The molecule has 4 rings (SSSR count). The number of amides is 4. The zero-order valence-electron chi connectivity index (χ0n) is 26.5. The fraction of sp³-hybridized carbons (Fsp3) is 0.417. The molecule has 10 nitrogen and oxygen atoms in total. The van der Waals surface area contributed by atoms with E-state index in [1.165, 1.54) is 0 Å². The topological polar surface area (TPSA) is 143 Å². The highest BCUT2D eigenvalue weighted by molar-refractivity contribution is 5.93. The SMILES string of the molecule is CC(C)C[C@H](NC(=O)[C@H](Cc1cccc2ccccc12)NC(=O)OCc1ccccc1)C(=O)N[C@H](CCC=O)C[C@@H]1CCNC1=O. The molecule has 10 heteroatoms. The van der Waals surface area contributed by atoms with Crippen molar-refractivity contribution < 1.29 is 28.7 Å². The molecule has 0 radical (unpaired) electrons. The minimum atomic E-state index is -1.04. The van der Waals surface area contributed by atoms with Crippen molar-refractivity contribution >= 4 is 40.9 Å².